The van der Waals surface area contributed by atoms with Gasteiger partial charge in [-0.1, -0.05) is 122 Å². The van der Waals surface area contributed by atoms with E-state index in [-0.39, 0.29) is 5.91 Å². The molecule has 4 nitrogen and oxygen atoms in total. The summed E-state index contributed by atoms with van der Waals surface area (Å²) in [5.41, 5.74) is 6.81. The molecular weight excluding hydrogens is 440 g/mol. The van der Waals surface area contributed by atoms with Crippen LogP contribution >= 0.6 is 11.3 Å². The molecule has 0 atom stereocenters. The standard InChI is InChI=1S/C29H52N2O2S/c1-4-5-6-7-8-9-10-11-12-13-14-15-16-17-18-19-20-21-22-23-26(32)31-29-27(28(30)33)24(2)25(3)34-29/h4-23H2,1-3H3,(H2,30,33)(H,31,32). The molecule has 2 amide bonds. The van der Waals surface area contributed by atoms with Gasteiger partial charge in [0.15, 0.2) is 0 Å². The van der Waals surface area contributed by atoms with Crippen molar-refractivity contribution >= 4 is 28.2 Å². The second-order valence-electron chi connectivity index (χ2n) is 10.0. The molecule has 0 saturated heterocycles. The van der Waals surface area contributed by atoms with Crippen LogP contribution < -0.4 is 11.1 Å². The van der Waals surface area contributed by atoms with Gasteiger partial charge in [0.25, 0.3) is 5.91 Å². The zero-order valence-electron chi connectivity index (χ0n) is 22.4. The number of amides is 2. The third-order valence-corrected chi connectivity index (χ3v) is 8.01. The van der Waals surface area contributed by atoms with Gasteiger partial charge in [-0.25, -0.2) is 0 Å². The molecule has 0 spiro atoms. The van der Waals surface area contributed by atoms with Crippen molar-refractivity contribution in [2.45, 2.75) is 149 Å². The van der Waals surface area contributed by atoms with E-state index in [2.05, 4.69) is 12.2 Å². The summed E-state index contributed by atoms with van der Waals surface area (Å²) in [6, 6.07) is 0. The number of carbonyl (C=O) groups excluding carboxylic acids is 2. The average Bonchev–Trinajstić information content (AvgIpc) is 3.08. The van der Waals surface area contributed by atoms with Crippen LogP contribution in [0.4, 0.5) is 5.00 Å². The Morgan fingerprint density at radius 1 is 0.676 bits per heavy atom. The van der Waals surface area contributed by atoms with Crippen molar-refractivity contribution in [3.63, 3.8) is 0 Å². The summed E-state index contributed by atoms with van der Waals surface area (Å²) in [4.78, 5) is 24.9. The van der Waals surface area contributed by atoms with E-state index in [9.17, 15) is 9.59 Å². The van der Waals surface area contributed by atoms with E-state index in [0.29, 0.717) is 17.0 Å². The fourth-order valence-electron chi connectivity index (χ4n) is 4.56. The minimum absolute atomic E-state index is 0.0178. The number of aryl methyl sites for hydroxylation is 1. The summed E-state index contributed by atoms with van der Waals surface area (Å²) in [7, 11) is 0. The average molecular weight is 493 g/mol. The number of unbranched alkanes of at least 4 members (excludes halogenated alkanes) is 18. The zero-order valence-corrected chi connectivity index (χ0v) is 23.3. The summed E-state index contributed by atoms with van der Waals surface area (Å²) in [6.45, 7) is 6.10. The number of thiophene rings is 1. The molecule has 0 unspecified atom stereocenters. The van der Waals surface area contributed by atoms with Gasteiger partial charge >= 0.3 is 0 Å². The summed E-state index contributed by atoms with van der Waals surface area (Å²) in [6.07, 6.45) is 26.1. The van der Waals surface area contributed by atoms with E-state index in [1.54, 1.807) is 0 Å². The lowest BCUT2D eigenvalue weighted by atomic mass is 10.0. The number of hydrogen-bond acceptors (Lipinski definition) is 3. The molecule has 196 valence electrons. The van der Waals surface area contributed by atoms with Gasteiger partial charge in [0.2, 0.25) is 5.91 Å². The second kappa shape index (κ2) is 19.9. The predicted molar refractivity (Wildman–Crippen MR) is 149 cm³/mol. The monoisotopic (exact) mass is 492 g/mol. The van der Waals surface area contributed by atoms with Crippen LogP contribution in [0.3, 0.4) is 0 Å². The summed E-state index contributed by atoms with van der Waals surface area (Å²) >= 11 is 1.43. The van der Waals surface area contributed by atoms with E-state index in [1.807, 2.05) is 13.8 Å². The molecular formula is C29H52N2O2S. The SMILES string of the molecule is CCCCCCCCCCCCCCCCCCCCCC(=O)Nc1sc(C)c(C)c1C(N)=O. The number of nitrogens with one attached hydrogen (secondary N) is 1. The highest BCUT2D eigenvalue weighted by Crippen LogP contribution is 2.32. The normalized spacial score (nSPS) is 11.1. The molecule has 0 radical (unpaired) electrons. The predicted octanol–water partition coefficient (Wildman–Crippen LogP) is 9.22. The quantitative estimate of drug-likeness (QED) is 0.158. The van der Waals surface area contributed by atoms with Crippen LogP contribution in [-0.4, -0.2) is 11.8 Å². The first-order chi connectivity index (χ1) is 16.5. The van der Waals surface area contributed by atoms with Crippen molar-refractivity contribution < 1.29 is 9.59 Å². The van der Waals surface area contributed by atoms with Crippen LogP contribution in [0.2, 0.25) is 0 Å². The highest BCUT2D eigenvalue weighted by Gasteiger charge is 2.18. The third kappa shape index (κ3) is 14.1. The Labute approximate surface area is 213 Å². The van der Waals surface area contributed by atoms with E-state index in [1.165, 1.54) is 120 Å². The lowest BCUT2D eigenvalue weighted by Gasteiger charge is -2.06. The maximum absolute atomic E-state index is 12.2. The summed E-state index contributed by atoms with van der Waals surface area (Å²) in [5.74, 6) is -0.489. The van der Waals surface area contributed by atoms with Gasteiger partial charge in [-0.3, -0.25) is 9.59 Å². The largest absolute Gasteiger partial charge is 0.365 e. The second-order valence-corrected chi connectivity index (χ2v) is 11.2. The number of nitrogens with two attached hydrogens (primary N) is 1. The Bertz CT molecular complexity index is 684. The topological polar surface area (TPSA) is 72.2 Å². The van der Waals surface area contributed by atoms with Gasteiger partial charge in [-0.05, 0) is 25.8 Å². The van der Waals surface area contributed by atoms with Gasteiger partial charge in [0, 0.05) is 11.3 Å². The number of carbonyl (C=O) groups is 2. The smallest absolute Gasteiger partial charge is 0.251 e. The number of primary amides is 1. The van der Waals surface area contributed by atoms with E-state index < -0.39 is 5.91 Å². The van der Waals surface area contributed by atoms with Crippen molar-refractivity contribution in [1.82, 2.24) is 0 Å². The Morgan fingerprint density at radius 2 is 1.06 bits per heavy atom. The lowest BCUT2D eigenvalue weighted by Crippen LogP contribution is -2.17. The number of hydrogen-bond donors (Lipinski definition) is 2. The van der Waals surface area contributed by atoms with Crippen LogP contribution in [0, 0.1) is 13.8 Å². The van der Waals surface area contributed by atoms with Gasteiger partial charge in [0.05, 0.1) is 5.56 Å². The van der Waals surface area contributed by atoms with Gasteiger partial charge in [-0.2, -0.15) is 0 Å². The molecule has 3 N–H and O–H groups in total. The van der Waals surface area contributed by atoms with Crippen LogP contribution in [0.5, 0.6) is 0 Å². The van der Waals surface area contributed by atoms with Crippen LogP contribution in [0.25, 0.3) is 0 Å². The molecule has 0 aliphatic heterocycles. The molecule has 0 aliphatic carbocycles. The third-order valence-electron chi connectivity index (χ3n) is 6.89. The number of rotatable bonds is 22. The highest BCUT2D eigenvalue weighted by atomic mass is 32.1. The van der Waals surface area contributed by atoms with Crippen molar-refractivity contribution in [3.05, 3.63) is 16.0 Å². The van der Waals surface area contributed by atoms with Gasteiger partial charge in [-0.15, -0.1) is 11.3 Å². The first-order valence-corrected chi connectivity index (χ1v) is 15.0. The molecule has 1 rings (SSSR count). The van der Waals surface area contributed by atoms with Gasteiger partial charge < -0.3 is 11.1 Å². The van der Waals surface area contributed by atoms with Crippen LogP contribution in [0.15, 0.2) is 0 Å². The van der Waals surface area contributed by atoms with Crippen molar-refractivity contribution in [3.8, 4) is 0 Å². The van der Waals surface area contributed by atoms with Crippen molar-refractivity contribution in [1.29, 1.82) is 0 Å². The van der Waals surface area contributed by atoms with Gasteiger partial charge in [0.1, 0.15) is 5.00 Å². The molecule has 1 aromatic heterocycles. The van der Waals surface area contributed by atoms with E-state index in [4.69, 9.17) is 5.73 Å². The molecule has 1 aromatic rings. The first kappa shape index (κ1) is 30.7. The Hall–Kier alpha value is -1.36. The van der Waals surface area contributed by atoms with E-state index >= 15 is 0 Å². The fourth-order valence-corrected chi connectivity index (χ4v) is 5.65. The zero-order chi connectivity index (χ0) is 25.0. The molecule has 0 bridgehead atoms. The van der Waals surface area contributed by atoms with Crippen LogP contribution in [-0.2, 0) is 4.79 Å². The highest BCUT2D eigenvalue weighted by molar-refractivity contribution is 7.16. The maximum Gasteiger partial charge on any atom is 0.251 e. The summed E-state index contributed by atoms with van der Waals surface area (Å²) in [5, 5.41) is 3.49. The Morgan fingerprint density at radius 3 is 1.44 bits per heavy atom. The number of anilines is 1. The minimum atomic E-state index is -0.472. The first-order valence-electron chi connectivity index (χ1n) is 14.2. The molecule has 0 aromatic carbocycles. The van der Waals surface area contributed by atoms with Crippen molar-refractivity contribution in [2.75, 3.05) is 5.32 Å². The maximum atomic E-state index is 12.2. The Kier molecular flexibility index (Phi) is 17.9. The molecule has 5 heteroatoms. The van der Waals surface area contributed by atoms with E-state index in [0.717, 1.165) is 23.3 Å². The molecule has 1 heterocycles. The van der Waals surface area contributed by atoms with Crippen molar-refractivity contribution in [2.24, 2.45) is 5.73 Å². The van der Waals surface area contributed by atoms with Crippen LogP contribution in [0.1, 0.15) is 156 Å². The molecule has 0 aliphatic rings. The lowest BCUT2D eigenvalue weighted by molar-refractivity contribution is -0.116. The molecule has 0 saturated carbocycles. The summed E-state index contributed by atoms with van der Waals surface area (Å²) < 4.78 is 0. The fraction of sp³-hybridized carbons (Fsp3) is 0.793. The molecule has 34 heavy (non-hydrogen) atoms. The minimum Gasteiger partial charge on any atom is -0.365 e. The Balaban J connectivity index is 1.88. The molecule has 0 fully saturated rings.